The van der Waals surface area contributed by atoms with Crippen LogP contribution in [0.5, 0.6) is 0 Å². The summed E-state index contributed by atoms with van der Waals surface area (Å²) in [5, 5.41) is 16.3. The first-order valence-corrected chi connectivity index (χ1v) is 7.88. The van der Waals surface area contributed by atoms with Crippen molar-refractivity contribution in [3.8, 4) is 0 Å². The van der Waals surface area contributed by atoms with Crippen molar-refractivity contribution < 1.29 is 9.90 Å². The largest absolute Gasteiger partial charge is 0.391 e. The Labute approximate surface area is 130 Å². The van der Waals surface area contributed by atoms with E-state index in [2.05, 4.69) is 22.5 Å². The summed E-state index contributed by atoms with van der Waals surface area (Å²) in [6.07, 6.45) is 5.61. The van der Waals surface area contributed by atoms with Gasteiger partial charge in [0, 0.05) is 12.7 Å². The molecule has 0 bridgehead atoms. The molecule has 1 aliphatic rings. The van der Waals surface area contributed by atoms with Gasteiger partial charge in [-0.25, -0.2) is 4.98 Å². The fourth-order valence-corrected chi connectivity index (χ4v) is 2.70. The lowest BCUT2D eigenvalue weighted by Crippen LogP contribution is -2.45. The number of halogens is 1. The number of hydrogen-bond acceptors (Lipinski definition) is 4. The van der Waals surface area contributed by atoms with E-state index in [1.165, 1.54) is 6.20 Å². The van der Waals surface area contributed by atoms with Crippen LogP contribution < -0.4 is 10.6 Å². The molecule has 2 atom stereocenters. The molecule has 1 fully saturated rings. The molecule has 0 aromatic carbocycles. The highest BCUT2D eigenvalue weighted by molar-refractivity contribution is 6.33. The number of rotatable bonds is 5. The van der Waals surface area contributed by atoms with Crippen LogP contribution in [0.1, 0.15) is 49.4 Å². The minimum Gasteiger partial charge on any atom is -0.391 e. The predicted octanol–water partition coefficient (Wildman–Crippen LogP) is 2.59. The van der Waals surface area contributed by atoms with Crippen molar-refractivity contribution in [1.82, 2.24) is 10.3 Å². The van der Waals surface area contributed by atoms with Crippen LogP contribution in [0.25, 0.3) is 0 Å². The molecule has 3 N–H and O–H groups in total. The average Bonchev–Trinajstić information content (AvgIpc) is 2.48. The van der Waals surface area contributed by atoms with Gasteiger partial charge in [-0.15, -0.1) is 0 Å². The van der Waals surface area contributed by atoms with Gasteiger partial charge in [-0.3, -0.25) is 4.79 Å². The number of aromatic nitrogens is 1. The number of nitrogens with zero attached hydrogens (tertiary/aromatic N) is 1. The number of pyridine rings is 1. The summed E-state index contributed by atoms with van der Waals surface area (Å²) in [5.74, 6) is 0.352. The summed E-state index contributed by atoms with van der Waals surface area (Å²) in [6, 6.07) is 1.43. The number of aliphatic hydroxyl groups excluding tert-OH is 1. The first-order valence-electron chi connectivity index (χ1n) is 7.50. The van der Waals surface area contributed by atoms with Gasteiger partial charge in [-0.1, -0.05) is 31.4 Å². The van der Waals surface area contributed by atoms with Crippen LogP contribution in [-0.2, 0) is 0 Å². The monoisotopic (exact) mass is 311 g/mol. The highest BCUT2D eigenvalue weighted by Crippen LogP contribution is 2.21. The summed E-state index contributed by atoms with van der Waals surface area (Å²) in [6.45, 7) is 2.84. The van der Waals surface area contributed by atoms with Crippen LogP contribution in [0.3, 0.4) is 0 Å². The van der Waals surface area contributed by atoms with Crippen LogP contribution in [0.2, 0.25) is 5.02 Å². The maximum atomic E-state index is 12.2. The summed E-state index contributed by atoms with van der Waals surface area (Å²) < 4.78 is 0. The van der Waals surface area contributed by atoms with Gasteiger partial charge < -0.3 is 15.7 Å². The number of hydrogen-bond donors (Lipinski definition) is 3. The quantitative estimate of drug-likeness (QED) is 0.781. The van der Waals surface area contributed by atoms with Crippen molar-refractivity contribution in [3.63, 3.8) is 0 Å². The Hall–Kier alpha value is -1.33. The van der Waals surface area contributed by atoms with Crippen molar-refractivity contribution in [2.24, 2.45) is 0 Å². The van der Waals surface area contributed by atoms with Gasteiger partial charge in [-0.2, -0.15) is 0 Å². The fraction of sp³-hybridized carbons (Fsp3) is 0.600. The van der Waals surface area contributed by atoms with E-state index < -0.39 is 6.10 Å². The van der Waals surface area contributed by atoms with E-state index in [1.807, 2.05) is 0 Å². The van der Waals surface area contributed by atoms with Crippen LogP contribution in [0.4, 0.5) is 5.82 Å². The Bertz CT molecular complexity index is 496. The van der Waals surface area contributed by atoms with E-state index >= 15 is 0 Å². The Morgan fingerprint density at radius 2 is 2.24 bits per heavy atom. The first-order chi connectivity index (χ1) is 10.1. The highest BCUT2D eigenvalue weighted by atomic mass is 35.5. The maximum Gasteiger partial charge on any atom is 0.253 e. The number of amides is 1. The highest BCUT2D eigenvalue weighted by Gasteiger charge is 2.25. The molecule has 1 amide bonds. The van der Waals surface area contributed by atoms with E-state index in [0.717, 1.165) is 38.6 Å². The van der Waals surface area contributed by atoms with Crippen LogP contribution in [0.15, 0.2) is 12.3 Å². The van der Waals surface area contributed by atoms with E-state index in [-0.39, 0.29) is 11.9 Å². The Balaban J connectivity index is 2.00. The van der Waals surface area contributed by atoms with Crippen molar-refractivity contribution in [3.05, 3.63) is 22.8 Å². The Morgan fingerprint density at radius 1 is 1.48 bits per heavy atom. The predicted molar refractivity (Wildman–Crippen MR) is 83.8 cm³/mol. The first kappa shape index (κ1) is 16.0. The minimum absolute atomic E-state index is 0.178. The van der Waals surface area contributed by atoms with E-state index in [4.69, 9.17) is 11.6 Å². The molecule has 0 spiro atoms. The second kappa shape index (κ2) is 7.61. The van der Waals surface area contributed by atoms with E-state index in [9.17, 15) is 9.90 Å². The lowest BCUT2D eigenvalue weighted by molar-refractivity contribution is 0.0717. The number of carbonyl (C=O) groups is 1. The molecule has 6 heteroatoms. The van der Waals surface area contributed by atoms with E-state index in [0.29, 0.717) is 16.4 Å². The number of carbonyl (C=O) groups excluding carboxylic acids is 1. The average molecular weight is 312 g/mol. The van der Waals surface area contributed by atoms with Crippen molar-refractivity contribution in [2.75, 3.05) is 11.9 Å². The molecule has 1 aliphatic carbocycles. The molecule has 2 unspecified atom stereocenters. The Morgan fingerprint density at radius 3 is 2.90 bits per heavy atom. The number of aliphatic hydroxyl groups is 1. The molecule has 0 saturated heterocycles. The zero-order chi connectivity index (χ0) is 15.2. The molecule has 1 saturated carbocycles. The lowest BCUT2D eigenvalue weighted by Gasteiger charge is -2.28. The molecule has 0 radical (unpaired) electrons. The molecule has 116 valence electrons. The van der Waals surface area contributed by atoms with Crippen molar-refractivity contribution in [2.45, 2.75) is 51.2 Å². The number of nitrogens with one attached hydrogen (secondary N) is 2. The summed E-state index contributed by atoms with van der Waals surface area (Å²) >= 11 is 6.13. The summed E-state index contributed by atoms with van der Waals surface area (Å²) in [4.78, 5) is 16.4. The smallest absolute Gasteiger partial charge is 0.253 e. The molecule has 0 aliphatic heterocycles. The summed E-state index contributed by atoms with van der Waals surface area (Å²) in [5.41, 5.74) is 0.417. The molecule has 5 nitrogen and oxygen atoms in total. The third-order valence-electron chi connectivity index (χ3n) is 3.69. The fourth-order valence-electron chi connectivity index (χ4n) is 2.47. The molecule has 1 aromatic rings. The van der Waals surface area contributed by atoms with Crippen LogP contribution in [-0.4, -0.2) is 34.7 Å². The molecular weight excluding hydrogens is 290 g/mol. The SMILES string of the molecule is CCCNc1ncc(C(=O)NC2CCCCC2O)cc1Cl. The second-order valence-electron chi connectivity index (χ2n) is 5.41. The number of anilines is 1. The van der Waals surface area contributed by atoms with E-state index in [1.54, 1.807) is 6.07 Å². The van der Waals surface area contributed by atoms with Gasteiger partial charge in [0.05, 0.1) is 22.7 Å². The normalized spacial score (nSPS) is 21.9. The van der Waals surface area contributed by atoms with Crippen LogP contribution >= 0.6 is 11.6 Å². The Kier molecular flexibility index (Phi) is 5.82. The van der Waals surface area contributed by atoms with Gasteiger partial charge in [0.25, 0.3) is 5.91 Å². The molecule has 1 heterocycles. The van der Waals surface area contributed by atoms with Gasteiger partial charge in [0.15, 0.2) is 0 Å². The molecule has 2 rings (SSSR count). The van der Waals surface area contributed by atoms with Gasteiger partial charge in [0.2, 0.25) is 0 Å². The minimum atomic E-state index is -0.461. The third kappa shape index (κ3) is 4.32. The molecule has 1 aromatic heterocycles. The zero-order valence-corrected chi connectivity index (χ0v) is 13.0. The summed E-state index contributed by atoms with van der Waals surface area (Å²) in [7, 11) is 0. The van der Waals surface area contributed by atoms with Gasteiger partial charge >= 0.3 is 0 Å². The second-order valence-corrected chi connectivity index (χ2v) is 5.82. The standard InChI is InChI=1S/C15H22ClN3O2/c1-2-7-17-14-11(16)8-10(9-18-14)15(21)19-12-5-3-4-6-13(12)20/h8-9,12-13,20H,2-7H2,1H3,(H,17,18)(H,19,21). The van der Waals surface area contributed by atoms with Gasteiger partial charge in [-0.05, 0) is 25.3 Å². The molecular formula is C15H22ClN3O2. The van der Waals surface area contributed by atoms with Crippen molar-refractivity contribution >= 4 is 23.3 Å². The maximum absolute atomic E-state index is 12.2. The topological polar surface area (TPSA) is 74.2 Å². The molecule has 21 heavy (non-hydrogen) atoms. The van der Waals surface area contributed by atoms with Crippen molar-refractivity contribution in [1.29, 1.82) is 0 Å². The lowest BCUT2D eigenvalue weighted by atomic mass is 9.92. The van der Waals surface area contributed by atoms with Crippen LogP contribution in [0, 0.1) is 0 Å². The zero-order valence-electron chi connectivity index (χ0n) is 12.2. The third-order valence-corrected chi connectivity index (χ3v) is 3.98. The van der Waals surface area contributed by atoms with Gasteiger partial charge in [0.1, 0.15) is 5.82 Å².